The van der Waals surface area contributed by atoms with Crippen molar-refractivity contribution in [3.63, 3.8) is 0 Å². The number of fused-ring (bicyclic) bond motifs is 6. The fourth-order valence-electron chi connectivity index (χ4n) is 6.86. The number of carbonyl (C=O) groups is 1. The van der Waals surface area contributed by atoms with Crippen molar-refractivity contribution in [2.24, 2.45) is 5.92 Å². The number of pyridine rings is 1. The fourth-order valence-corrected chi connectivity index (χ4v) is 7.37. The lowest BCUT2D eigenvalue weighted by atomic mass is 9.81. The molecule has 1 saturated carbocycles. The molecule has 0 radical (unpaired) electrons. The van der Waals surface area contributed by atoms with Crippen LogP contribution >= 0.6 is 0 Å². The van der Waals surface area contributed by atoms with E-state index >= 15 is 4.39 Å². The third-order valence-corrected chi connectivity index (χ3v) is 10.7. The minimum absolute atomic E-state index is 0.112. The number of aromatic nitrogens is 3. The fraction of sp³-hybridized carbons (Fsp3) is 0.216. The first kappa shape index (κ1) is 31.8. The number of hydrogen-bond acceptors (Lipinski definition) is 6. The topological polar surface area (TPSA) is 110 Å². The smallest absolute Gasteiger partial charge is 0.255 e. The molecule has 7 aromatic rings. The van der Waals surface area contributed by atoms with Crippen molar-refractivity contribution in [3.05, 3.63) is 95.8 Å². The van der Waals surface area contributed by atoms with E-state index in [4.69, 9.17) is 14.4 Å². The van der Waals surface area contributed by atoms with Gasteiger partial charge in [0.15, 0.2) is 0 Å². The Labute approximate surface area is 284 Å². The van der Waals surface area contributed by atoms with Crippen LogP contribution in [0.25, 0.3) is 61.0 Å². The molecule has 8 rings (SSSR count). The monoisotopic (exact) mass is 697 g/mol. The van der Waals surface area contributed by atoms with Crippen molar-refractivity contribution in [1.29, 1.82) is 0 Å². The molecular weight excluding hydrogens is 667 g/mol. The summed E-state index contributed by atoms with van der Waals surface area (Å²) in [4.78, 5) is 23.3. The summed E-state index contributed by atoms with van der Waals surface area (Å²) in [5.74, 6) is -0.367. The molecule has 1 fully saturated rings. The second-order valence-corrected chi connectivity index (χ2v) is 14.8. The molecule has 254 valence electrons. The Hall–Kier alpha value is -5.43. The van der Waals surface area contributed by atoms with Crippen molar-refractivity contribution >= 4 is 60.0 Å². The average molecular weight is 698 g/mol. The van der Waals surface area contributed by atoms with Crippen LogP contribution in [0.2, 0.25) is 0 Å². The number of nitrogens with zero attached hydrogens (tertiary/aromatic N) is 4. The van der Waals surface area contributed by atoms with E-state index in [0.29, 0.717) is 74.7 Å². The molecule has 0 spiro atoms. The summed E-state index contributed by atoms with van der Waals surface area (Å²) in [6.45, 7) is 0. The Morgan fingerprint density at radius 2 is 1.76 bits per heavy atom. The SMILES string of the molecule is CNC(=O)c1c(-c2ccc(F)cc2)oc2cc(N(C)S(C)(=O)=O)c(-c3ccc4nc(CC5CC(F)C5)n5c6cccc(F)c6cc5c4n3)cc12. The summed E-state index contributed by atoms with van der Waals surface area (Å²) < 4.78 is 77.7. The average Bonchev–Trinajstić information content (AvgIpc) is 3.66. The number of nitrogens with one attached hydrogen (secondary N) is 1. The van der Waals surface area contributed by atoms with Gasteiger partial charge in [-0.1, -0.05) is 6.07 Å². The van der Waals surface area contributed by atoms with Gasteiger partial charge in [0.25, 0.3) is 5.91 Å². The van der Waals surface area contributed by atoms with E-state index in [1.807, 2.05) is 4.40 Å². The molecular formula is C37H30F3N5O4S. The first-order valence-corrected chi connectivity index (χ1v) is 17.8. The summed E-state index contributed by atoms with van der Waals surface area (Å²) in [6, 6.07) is 18.7. The van der Waals surface area contributed by atoms with E-state index in [1.54, 1.807) is 36.4 Å². The van der Waals surface area contributed by atoms with Crippen LogP contribution in [0.4, 0.5) is 18.9 Å². The zero-order valence-electron chi connectivity index (χ0n) is 27.2. The molecule has 50 heavy (non-hydrogen) atoms. The summed E-state index contributed by atoms with van der Waals surface area (Å²) in [6.07, 6.45) is 1.63. The van der Waals surface area contributed by atoms with Gasteiger partial charge < -0.3 is 9.73 Å². The highest BCUT2D eigenvalue weighted by molar-refractivity contribution is 7.92. The summed E-state index contributed by atoms with van der Waals surface area (Å²) in [5.41, 5.74) is 3.99. The maximum Gasteiger partial charge on any atom is 0.255 e. The molecule has 1 aliphatic rings. The Balaban J connectivity index is 1.40. The Kier molecular flexibility index (Phi) is 7.37. The normalized spacial score (nSPS) is 16.4. The molecule has 9 nitrogen and oxygen atoms in total. The van der Waals surface area contributed by atoms with Gasteiger partial charge in [0.05, 0.1) is 39.8 Å². The number of alkyl halides is 1. The number of rotatable bonds is 7. The standard InChI is InChI=1S/C37H30F3N5O4S/c1-41-37(46)34-25-16-24(30(44(2)50(3,47)48)18-32(25)49-36(34)20-7-9-21(38)10-8-20)27-11-12-28-35(43-27)31-17-23-26(40)5-4-6-29(23)45(31)33(42-28)15-19-13-22(39)14-19/h4-12,16-19,22H,13-15H2,1-3H3,(H,41,46). The van der Waals surface area contributed by atoms with E-state index in [9.17, 15) is 22.0 Å². The van der Waals surface area contributed by atoms with Gasteiger partial charge in [-0.25, -0.2) is 31.6 Å². The van der Waals surface area contributed by atoms with Crippen LogP contribution in [-0.4, -0.2) is 55.2 Å². The number of sulfonamides is 1. The van der Waals surface area contributed by atoms with Crippen molar-refractivity contribution in [2.75, 3.05) is 24.7 Å². The number of hydrogen-bond donors (Lipinski definition) is 1. The third-order valence-electron chi connectivity index (χ3n) is 9.55. The largest absolute Gasteiger partial charge is 0.455 e. The number of anilines is 1. The van der Waals surface area contributed by atoms with Gasteiger partial charge in [0, 0.05) is 48.5 Å². The van der Waals surface area contributed by atoms with E-state index in [2.05, 4.69) is 5.32 Å². The molecule has 0 bridgehead atoms. The van der Waals surface area contributed by atoms with Crippen molar-refractivity contribution in [2.45, 2.75) is 25.4 Å². The maximum absolute atomic E-state index is 15.1. The van der Waals surface area contributed by atoms with Crippen LogP contribution < -0.4 is 9.62 Å². The number of amides is 1. The molecule has 1 N–H and O–H groups in total. The highest BCUT2D eigenvalue weighted by Crippen LogP contribution is 2.42. The van der Waals surface area contributed by atoms with Gasteiger partial charge in [0.2, 0.25) is 10.0 Å². The Morgan fingerprint density at radius 1 is 1.00 bits per heavy atom. The van der Waals surface area contributed by atoms with Crippen LogP contribution in [0.15, 0.2) is 77.2 Å². The van der Waals surface area contributed by atoms with E-state index in [1.165, 1.54) is 50.5 Å². The van der Waals surface area contributed by atoms with E-state index < -0.39 is 33.7 Å². The van der Waals surface area contributed by atoms with Crippen molar-refractivity contribution < 1.29 is 30.8 Å². The molecule has 1 aliphatic carbocycles. The van der Waals surface area contributed by atoms with Crippen molar-refractivity contribution in [1.82, 2.24) is 19.7 Å². The van der Waals surface area contributed by atoms with Gasteiger partial charge in [-0.15, -0.1) is 0 Å². The quantitative estimate of drug-likeness (QED) is 0.186. The molecule has 3 aromatic carbocycles. The van der Waals surface area contributed by atoms with Crippen LogP contribution in [0.5, 0.6) is 0 Å². The molecule has 0 saturated heterocycles. The zero-order valence-corrected chi connectivity index (χ0v) is 28.0. The van der Waals surface area contributed by atoms with Gasteiger partial charge in [-0.05, 0) is 79.4 Å². The first-order chi connectivity index (χ1) is 23.9. The van der Waals surface area contributed by atoms with Crippen molar-refractivity contribution in [3.8, 4) is 22.6 Å². The zero-order chi connectivity index (χ0) is 35.1. The molecule has 0 atom stereocenters. The Morgan fingerprint density at radius 3 is 2.46 bits per heavy atom. The second-order valence-electron chi connectivity index (χ2n) is 12.8. The van der Waals surface area contributed by atoms with Crippen LogP contribution in [-0.2, 0) is 16.4 Å². The molecule has 0 aliphatic heterocycles. The minimum Gasteiger partial charge on any atom is -0.455 e. The highest BCUT2D eigenvalue weighted by atomic mass is 32.2. The predicted octanol–water partition coefficient (Wildman–Crippen LogP) is 7.44. The lowest BCUT2D eigenvalue weighted by Gasteiger charge is -2.29. The number of halogens is 3. The third kappa shape index (κ3) is 5.15. The molecule has 4 aromatic heterocycles. The van der Waals surface area contributed by atoms with Gasteiger partial charge in [-0.3, -0.25) is 13.5 Å². The molecule has 1 amide bonds. The van der Waals surface area contributed by atoms with Gasteiger partial charge in [0.1, 0.15) is 40.5 Å². The highest BCUT2D eigenvalue weighted by Gasteiger charge is 2.31. The predicted molar refractivity (Wildman–Crippen MR) is 187 cm³/mol. The Bertz CT molecular complexity index is 2630. The maximum atomic E-state index is 15.1. The number of carbonyl (C=O) groups excluding carboxylic acids is 1. The number of benzene rings is 3. The van der Waals surface area contributed by atoms with Crippen LogP contribution in [0, 0.1) is 17.6 Å². The summed E-state index contributed by atoms with van der Waals surface area (Å²) in [5, 5.41) is 3.40. The van der Waals surface area contributed by atoms with Crippen LogP contribution in [0.3, 0.4) is 0 Å². The number of furan rings is 1. The van der Waals surface area contributed by atoms with Gasteiger partial charge in [-0.2, -0.15) is 0 Å². The molecule has 13 heteroatoms. The van der Waals surface area contributed by atoms with Crippen LogP contribution in [0.1, 0.15) is 29.0 Å². The van der Waals surface area contributed by atoms with Gasteiger partial charge >= 0.3 is 0 Å². The molecule has 4 heterocycles. The lowest BCUT2D eigenvalue weighted by molar-refractivity contribution is 0.0964. The van der Waals surface area contributed by atoms with E-state index in [0.717, 1.165) is 10.6 Å². The lowest BCUT2D eigenvalue weighted by Crippen LogP contribution is -2.27. The summed E-state index contributed by atoms with van der Waals surface area (Å²) in [7, 11) is -0.914. The summed E-state index contributed by atoms with van der Waals surface area (Å²) >= 11 is 0. The molecule has 0 unspecified atom stereocenters. The minimum atomic E-state index is -3.80. The van der Waals surface area contributed by atoms with E-state index in [-0.39, 0.29) is 28.5 Å². The second kappa shape index (κ2) is 11.6. The first-order valence-electron chi connectivity index (χ1n) is 16.0.